The van der Waals surface area contributed by atoms with Gasteiger partial charge in [0.05, 0.1) is 10.9 Å². The molecule has 134 valence electrons. The SMILES string of the molecule is Cc1ccc(-c2c(-c3ccc(C)cc3)c3cccc[n+]3c3ccccc23)cc1. The molecule has 0 amide bonds. The summed E-state index contributed by atoms with van der Waals surface area (Å²) in [4.78, 5) is 0. The molecule has 2 aromatic heterocycles. The smallest absolute Gasteiger partial charge is 0.159 e. The van der Waals surface area contributed by atoms with E-state index >= 15 is 0 Å². The van der Waals surface area contributed by atoms with Crippen LogP contribution in [0, 0.1) is 13.8 Å². The molecule has 28 heavy (non-hydrogen) atoms. The molecule has 5 rings (SSSR count). The van der Waals surface area contributed by atoms with Crippen molar-refractivity contribution >= 4 is 16.4 Å². The molecule has 3 aromatic carbocycles. The first kappa shape index (κ1) is 16.7. The molecule has 0 aliphatic heterocycles. The van der Waals surface area contributed by atoms with Gasteiger partial charge in [-0.05, 0) is 37.1 Å². The fourth-order valence-corrected chi connectivity index (χ4v) is 4.05. The second-order valence-corrected chi connectivity index (χ2v) is 7.46. The highest BCUT2D eigenvalue weighted by Crippen LogP contribution is 2.39. The van der Waals surface area contributed by atoms with Gasteiger partial charge in [-0.25, -0.2) is 0 Å². The molecule has 0 spiro atoms. The van der Waals surface area contributed by atoms with Crippen molar-refractivity contribution in [1.29, 1.82) is 0 Å². The van der Waals surface area contributed by atoms with E-state index in [0.717, 1.165) is 0 Å². The maximum absolute atomic E-state index is 2.31. The summed E-state index contributed by atoms with van der Waals surface area (Å²) in [5.41, 5.74) is 10.1. The van der Waals surface area contributed by atoms with E-state index in [2.05, 4.69) is 115 Å². The molecule has 0 saturated carbocycles. The lowest BCUT2D eigenvalue weighted by Gasteiger charge is -2.14. The molecular formula is C27H22N+. The molecule has 0 fully saturated rings. The van der Waals surface area contributed by atoms with Gasteiger partial charge in [-0.1, -0.05) is 71.8 Å². The number of aromatic nitrogens is 1. The molecule has 0 aliphatic carbocycles. The Morgan fingerprint density at radius 2 is 1.04 bits per heavy atom. The lowest BCUT2D eigenvalue weighted by Crippen LogP contribution is -2.23. The van der Waals surface area contributed by atoms with Crippen LogP contribution in [0.1, 0.15) is 11.1 Å². The highest BCUT2D eigenvalue weighted by Gasteiger charge is 2.22. The minimum Gasteiger partial charge on any atom is -0.159 e. The number of hydrogen-bond acceptors (Lipinski definition) is 0. The van der Waals surface area contributed by atoms with E-state index in [0.29, 0.717) is 0 Å². The number of aryl methyl sites for hydroxylation is 2. The molecule has 2 heterocycles. The second-order valence-electron chi connectivity index (χ2n) is 7.46. The normalized spacial score (nSPS) is 11.2. The first-order chi connectivity index (χ1) is 13.7. The van der Waals surface area contributed by atoms with Crippen LogP contribution in [0.5, 0.6) is 0 Å². The van der Waals surface area contributed by atoms with Gasteiger partial charge in [0.25, 0.3) is 0 Å². The monoisotopic (exact) mass is 360 g/mol. The van der Waals surface area contributed by atoms with E-state index in [1.54, 1.807) is 0 Å². The van der Waals surface area contributed by atoms with E-state index in [1.807, 2.05) is 0 Å². The van der Waals surface area contributed by atoms with Crippen molar-refractivity contribution in [2.75, 3.05) is 0 Å². The van der Waals surface area contributed by atoms with Crippen molar-refractivity contribution in [3.8, 4) is 22.3 Å². The predicted octanol–water partition coefficient (Wildman–Crippen LogP) is 6.53. The Hall–Kier alpha value is -3.45. The number of hydrogen-bond donors (Lipinski definition) is 0. The number of benzene rings is 3. The quantitative estimate of drug-likeness (QED) is 0.249. The van der Waals surface area contributed by atoms with Crippen LogP contribution in [-0.4, -0.2) is 0 Å². The van der Waals surface area contributed by atoms with Crippen molar-refractivity contribution in [2.45, 2.75) is 13.8 Å². The highest BCUT2D eigenvalue weighted by atomic mass is 14.9. The number of pyridine rings is 2. The fourth-order valence-electron chi connectivity index (χ4n) is 4.05. The summed E-state index contributed by atoms with van der Waals surface area (Å²) < 4.78 is 2.31. The average molecular weight is 360 g/mol. The van der Waals surface area contributed by atoms with Crippen molar-refractivity contribution in [1.82, 2.24) is 0 Å². The van der Waals surface area contributed by atoms with Gasteiger partial charge in [0.15, 0.2) is 6.20 Å². The fraction of sp³-hybridized carbons (Fsp3) is 0.0741. The Bertz CT molecular complexity index is 1190. The van der Waals surface area contributed by atoms with Gasteiger partial charge >= 0.3 is 0 Å². The number of nitrogens with zero attached hydrogens (tertiary/aromatic N) is 1. The summed E-state index contributed by atoms with van der Waals surface area (Å²) in [6.07, 6.45) is 2.16. The van der Waals surface area contributed by atoms with Crippen LogP contribution in [0.2, 0.25) is 0 Å². The standard InChI is InChI=1S/C27H22N/c1-19-10-14-21(15-11-19)26-23-7-3-4-8-24(23)28-18-6-5-9-25(28)27(26)22-16-12-20(2)13-17-22/h3-18H,1-2H3/q+1. The van der Waals surface area contributed by atoms with E-state index in [1.165, 1.54) is 49.8 Å². The topological polar surface area (TPSA) is 4.10 Å². The van der Waals surface area contributed by atoms with Crippen LogP contribution in [0.25, 0.3) is 38.7 Å². The summed E-state index contributed by atoms with van der Waals surface area (Å²) in [6, 6.07) is 32.9. The third-order valence-electron chi connectivity index (χ3n) is 5.48. The van der Waals surface area contributed by atoms with Gasteiger partial charge in [-0.2, -0.15) is 4.40 Å². The Balaban J connectivity index is 2.00. The zero-order valence-electron chi connectivity index (χ0n) is 16.2. The summed E-state index contributed by atoms with van der Waals surface area (Å²) >= 11 is 0. The van der Waals surface area contributed by atoms with Crippen LogP contribution in [-0.2, 0) is 0 Å². The van der Waals surface area contributed by atoms with Crippen molar-refractivity contribution in [2.24, 2.45) is 0 Å². The van der Waals surface area contributed by atoms with Gasteiger partial charge in [-0.3, -0.25) is 0 Å². The van der Waals surface area contributed by atoms with Gasteiger partial charge in [0, 0.05) is 23.8 Å². The van der Waals surface area contributed by atoms with Crippen molar-refractivity contribution in [3.63, 3.8) is 0 Å². The number of rotatable bonds is 2. The highest BCUT2D eigenvalue weighted by molar-refractivity contribution is 6.05. The zero-order valence-corrected chi connectivity index (χ0v) is 16.2. The Morgan fingerprint density at radius 3 is 1.71 bits per heavy atom. The van der Waals surface area contributed by atoms with Crippen LogP contribution >= 0.6 is 0 Å². The van der Waals surface area contributed by atoms with Crippen LogP contribution < -0.4 is 4.40 Å². The van der Waals surface area contributed by atoms with E-state index < -0.39 is 0 Å². The summed E-state index contributed by atoms with van der Waals surface area (Å²) in [7, 11) is 0. The lowest BCUT2D eigenvalue weighted by molar-refractivity contribution is -0.481. The van der Waals surface area contributed by atoms with Crippen LogP contribution in [0.15, 0.2) is 97.2 Å². The molecule has 0 unspecified atom stereocenters. The molecule has 0 saturated heterocycles. The van der Waals surface area contributed by atoms with Gasteiger partial charge in [-0.15, -0.1) is 0 Å². The first-order valence-electron chi connectivity index (χ1n) is 9.71. The number of fused-ring (bicyclic) bond motifs is 3. The molecule has 0 aliphatic rings. The molecule has 0 bridgehead atoms. The molecule has 0 atom stereocenters. The molecule has 0 N–H and O–H groups in total. The summed E-state index contributed by atoms with van der Waals surface area (Å²) in [5.74, 6) is 0. The van der Waals surface area contributed by atoms with E-state index in [4.69, 9.17) is 0 Å². The van der Waals surface area contributed by atoms with Gasteiger partial charge in [0.2, 0.25) is 11.0 Å². The Kier molecular flexibility index (Phi) is 3.95. The van der Waals surface area contributed by atoms with Gasteiger partial charge in [0.1, 0.15) is 0 Å². The second kappa shape index (κ2) is 6.61. The van der Waals surface area contributed by atoms with E-state index in [9.17, 15) is 0 Å². The Morgan fingerprint density at radius 1 is 0.500 bits per heavy atom. The predicted molar refractivity (Wildman–Crippen MR) is 117 cm³/mol. The van der Waals surface area contributed by atoms with Crippen LogP contribution in [0.3, 0.4) is 0 Å². The zero-order chi connectivity index (χ0) is 19.1. The summed E-state index contributed by atoms with van der Waals surface area (Å²) in [5, 5.41) is 1.27. The first-order valence-corrected chi connectivity index (χ1v) is 9.71. The molecular weight excluding hydrogens is 338 g/mol. The maximum Gasteiger partial charge on any atom is 0.219 e. The summed E-state index contributed by atoms with van der Waals surface area (Å²) in [6.45, 7) is 4.27. The molecule has 5 aromatic rings. The lowest BCUT2D eigenvalue weighted by atomic mass is 9.90. The third kappa shape index (κ3) is 2.68. The minimum atomic E-state index is 1.22. The molecule has 1 nitrogen and oxygen atoms in total. The Labute approximate surface area is 165 Å². The van der Waals surface area contributed by atoms with Crippen LogP contribution in [0.4, 0.5) is 0 Å². The molecule has 0 radical (unpaired) electrons. The van der Waals surface area contributed by atoms with Gasteiger partial charge < -0.3 is 0 Å². The average Bonchev–Trinajstić information content (AvgIpc) is 2.74. The maximum atomic E-state index is 2.31. The minimum absolute atomic E-state index is 1.22. The van der Waals surface area contributed by atoms with Crippen molar-refractivity contribution in [3.05, 3.63) is 108 Å². The third-order valence-corrected chi connectivity index (χ3v) is 5.48. The largest absolute Gasteiger partial charge is 0.219 e. The van der Waals surface area contributed by atoms with Crippen molar-refractivity contribution < 1.29 is 4.40 Å². The number of para-hydroxylation sites is 1. The van der Waals surface area contributed by atoms with E-state index in [-0.39, 0.29) is 0 Å². The molecule has 1 heteroatoms.